The monoisotopic (exact) mass is 401 g/mol. The largest absolute Gasteiger partial charge is 0.480 e. The fourth-order valence-corrected chi connectivity index (χ4v) is 2.62. The van der Waals surface area contributed by atoms with E-state index in [0.717, 1.165) is 6.42 Å². The van der Waals surface area contributed by atoms with E-state index in [1.165, 1.54) is 13.8 Å². The molecule has 0 spiro atoms. The minimum Gasteiger partial charge on any atom is -0.480 e. The molecule has 0 aromatic heterocycles. The Bertz CT molecular complexity index is 619. The topological polar surface area (TPSA) is 200 Å². The fraction of sp³-hybridized carbons (Fsp3) is 0.688. The number of primary amides is 1. The number of hydrogen-bond donors (Lipinski definition) is 7. The highest BCUT2D eigenvalue weighted by molar-refractivity contribution is 5.96. The molecule has 0 radical (unpaired) electrons. The lowest BCUT2D eigenvalue weighted by molar-refractivity contribution is -0.142. The van der Waals surface area contributed by atoms with Crippen molar-refractivity contribution in [3.8, 4) is 0 Å². The molecule has 0 aliphatic carbocycles. The van der Waals surface area contributed by atoms with Crippen LogP contribution in [0.4, 0.5) is 0 Å². The van der Waals surface area contributed by atoms with Gasteiger partial charge in [-0.2, -0.15) is 0 Å². The molecule has 158 valence electrons. The van der Waals surface area contributed by atoms with E-state index in [2.05, 4.69) is 21.3 Å². The summed E-state index contributed by atoms with van der Waals surface area (Å²) in [6.45, 7) is 3.14. The van der Waals surface area contributed by atoms with Crippen LogP contribution in [0.15, 0.2) is 0 Å². The molecule has 5 atom stereocenters. The van der Waals surface area contributed by atoms with E-state index in [1.54, 1.807) is 0 Å². The van der Waals surface area contributed by atoms with Crippen LogP contribution >= 0.6 is 0 Å². The minimum absolute atomic E-state index is 0.478. The molecule has 12 nitrogen and oxygen atoms in total. The van der Waals surface area contributed by atoms with Crippen LogP contribution in [0, 0.1) is 0 Å². The number of nitrogens with one attached hydrogen (secondary N) is 4. The summed E-state index contributed by atoms with van der Waals surface area (Å²) < 4.78 is 0. The summed E-state index contributed by atoms with van der Waals surface area (Å²) in [6.07, 6.45) is -0.499. The molecule has 8 N–H and O–H groups in total. The lowest BCUT2D eigenvalue weighted by atomic mass is 10.1. The fourth-order valence-electron chi connectivity index (χ4n) is 2.62. The Morgan fingerprint density at radius 2 is 1.75 bits per heavy atom. The van der Waals surface area contributed by atoms with Crippen LogP contribution in [0.3, 0.4) is 0 Å². The number of carbonyl (C=O) groups is 5. The molecule has 1 heterocycles. The van der Waals surface area contributed by atoms with Crippen molar-refractivity contribution < 1.29 is 34.2 Å². The van der Waals surface area contributed by atoms with Crippen LogP contribution in [-0.4, -0.2) is 76.6 Å². The van der Waals surface area contributed by atoms with Gasteiger partial charge in [0.05, 0.1) is 18.6 Å². The van der Waals surface area contributed by atoms with Crippen molar-refractivity contribution >= 4 is 29.6 Å². The minimum atomic E-state index is -1.46. The van der Waals surface area contributed by atoms with Gasteiger partial charge in [-0.1, -0.05) is 0 Å². The Labute approximate surface area is 161 Å². The normalized spacial score (nSPS) is 20.3. The van der Waals surface area contributed by atoms with Crippen LogP contribution in [0.1, 0.15) is 33.1 Å². The van der Waals surface area contributed by atoms with E-state index >= 15 is 0 Å². The Morgan fingerprint density at radius 3 is 2.21 bits per heavy atom. The van der Waals surface area contributed by atoms with Crippen LogP contribution in [0.25, 0.3) is 0 Å². The highest BCUT2D eigenvalue weighted by Crippen LogP contribution is 2.06. The smallest absolute Gasteiger partial charge is 0.325 e. The quantitative estimate of drug-likeness (QED) is 0.196. The maximum absolute atomic E-state index is 12.5. The van der Waals surface area contributed by atoms with Crippen LogP contribution in [-0.2, 0) is 24.0 Å². The van der Waals surface area contributed by atoms with E-state index < -0.39 is 66.3 Å². The molecular formula is C16H27N5O7. The van der Waals surface area contributed by atoms with Gasteiger partial charge in [0.15, 0.2) is 0 Å². The number of aliphatic hydroxyl groups is 1. The predicted molar refractivity (Wildman–Crippen MR) is 95.6 cm³/mol. The molecule has 1 aliphatic heterocycles. The van der Waals surface area contributed by atoms with Gasteiger partial charge in [-0.05, 0) is 33.2 Å². The lowest BCUT2D eigenvalue weighted by Crippen LogP contribution is -2.60. The molecule has 1 saturated heterocycles. The Hall–Kier alpha value is -2.73. The third-order valence-corrected chi connectivity index (χ3v) is 4.21. The molecule has 28 heavy (non-hydrogen) atoms. The van der Waals surface area contributed by atoms with Crippen LogP contribution in [0.5, 0.6) is 0 Å². The Morgan fingerprint density at radius 1 is 1.11 bits per heavy atom. The summed E-state index contributed by atoms with van der Waals surface area (Å²) in [4.78, 5) is 59.0. The van der Waals surface area contributed by atoms with Gasteiger partial charge in [0.1, 0.15) is 18.1 Å². The predicted octanol–water partition coefficient (Wildman–Crippen LogP) is -3.45. The first-order chi connectivity index (χ1) is 13.0. The van der Waals surface area contributed by atoms with Crippen molar-refractivity contribution in [2.75, 3.05) is 6.54 Å². The molecule has 1 aliphatic rings. The van der Waals surface area contributed by atoms with Crippen molar-refractivity contribution in [3.05, 3.63) is 0 Å². The SMILES string of the molecule is CC(NC(=O)C(CC(N)=O)NC(=O)C(NC(=O)C1CCCN1)C(C)O)C(=O)O. The summed E-state index contributed by atoms with van der Waals surface area (Å²) in [6, 6.07) is -4.60. The second kappa shape index (κ2) is 10.6. The number of carboxylic acids is 1. The van der Waals surface area contributed by atoms with Gasteiger partial charge in [-0.25, -0.2) is 0 Å². The van der Waals surface area contributed by atoms with Crippen LogP contribution < -0.4 is 27.0 Å². The number of rotatable bonds is 10. The third kappa shape index (κ3) is 7.12. The Kier molecular flexibility index (Phi) is 8.79. The number of nitrogens with two attached hydrogens (primary N) is 1. The molecule has 0 saturated carbocycles. The Balaban J connectivity index is 2.83. The standard InChI is InChI=1S/C16H27N5O7/c1-7(16(27)28)19-14(25)10(6-11(17)23)20-15(26)12(8(2)22)21-13(24)9-4-3-5-18-9/h7-10,12,18,22H,3-6H2,1-2H3,(H2,17,23)(H,19,25)(H,20,26)(H,21,24)(H,27,28). The van der Waals surface area contributed by atoms with Gasteiger partial charge in [-0.3, -0.25) is 24.0 Å². The summed E-state index contributed by atoms with van der Waals surface area (Å²) in [5, 5.41) is 28.4. The van der Waals surface area contributed by atoms with E-state index in [1.807, 2.05) is 0 Å². The molecule has 4 amide bonds. The van der Waals surface area contributed by atoms with Crippen molar-refractivity contribution in [3.63, 3.8) is 0 Å². The molecule has 5 unspecified atom stereocenters. The number of hydrogen-bond acceptors (Lipinski definition) is 7. The van der Waals surface area contributed by atoms with Crippen molar-refractivity contribution in [2.45, 2.75) is 63.4 Å². The van der Waals surface area contributed by atoms with Gasteiger partial charge in [0.2, 0.25) is 23.6 Å². The van der Waals surface area contributed by atoms with E-state index in [4.69, 9.17) is 10.8 Å². The zero-order valence-electron chi connectivity index (χ0n) is 15.7. The number of aliphatic carboxylic acids is 1. The lowest BCUT2D eigenvalue weighted by Gasteiger charge is -2.25. The van der Waals surface area contributed by atoms with E-state index in [9.17, 15) is 29.1 Å². The first-order valence-electron chi connectivity index (χ1n) is 8.86. The number of aliphatic hydroxyl groups excluding tert-OH is 1. The average Bonchev–Trinajstić information content (AvgIpc) is 3.12. The first kappa shape index (κ1) is 23.3. The summed E-state index contributed by atoms with van der Waals surface area (Å²) >= 11 is 0. The first-order valence-corrected chi connectivity index (χ1v) is 8.86. The summed E-state index contributed by atoms with van der Waals surface area (Å²) in [5.74, 6) is -4.54. The maximum atomic E-state index is 12.5. The van der Waals surface area contributed by atoms with Gasteiger partial charge in [0.25, 0.3) is 0 Å². The molecular weight excluding hydrogens is 374 g/mol. The highest BCUT2D eigenvalue weighted by atomic mass is 16.4. The van der Waals surface area contributed by atoms with Crippen molar-refractivity contribution in [1.82, 2.24) is 21.3 Å². The molecule has 0 aromatic carbocycles. The van der Waals surface area contributed by atoms with Crippen molar-refractivity contribution in [1.29, 1.82) is 0 Å². The van der Waals surface area contributed by atoms with E-state index in [-0.39, 0.29) is 0 Å². The van der Waals surface area contributed by atoms with Crippen molar-refractivity contribution in [2.24, 2.45) is 5.73 Å². The number of carboxylic acid groups (broad SMARTS) is 1. The molecule has 0 bridgehead atoms. The number of carbonyl (C=O) groups excluding carboxylic acids is 4. The highest BCUT2D eigenvalue weighted by Gasteiger charge is 2.33. The maximum Gasteiger partial charge on any atom is 0.325 e. The molecule has 12 heteroatoms. The second-order valence-electron chi connectivity index (χ2n) is 6.68. The van der Waals surface area contributed by atoms with E-state index in [0.29, 0.717) is 13.0 Å². The zero-order chi connectivity index (χ0) is 21.4. The molecule has 1 rings (SSSR count). The molecule has 0 aromatic rings. The van der Waals surface area contributed by atoms with Gasteiger partial charge < -0.3 is 37.2 Å². The summed E-state index contributed by atoms with van der Waals surface area (Å²) in [5.41, 5.74) is 5.08. The van der Waals surface area contributed by atoms with Gasteiger partial charge in [0, 0.05) is 0 Å². The molecule has 1 fully saturated rings. The zero-order valence-corrected chi connectivity index (χ0v) is 15.7. The summed E-state index contributed by atoms with van der Waals surface area (Å²) in [7, 11) is 0. The van der Waals surface area contributed by atoms with Gasteiger partial charge >= 0.3 is 5.97 Å². The van der Waals surface area contributed by atoms with Crippen LogP contribution in [0.2, 0.25) is 0 Å². The van der Waals surface area contributed by atoms with Gasteiger partial charge in [-0.15, -0.1) is 0 Å². The third-order valence-electron chi connectivity index (χ3n) is 4.21. The second-order valence-corrected chi connectivity index (χ2v) is 6.68. The number of amides is 4. The average molecular weight is 401 g/mol.